The molecule has 0 unspecified atom stereocenters. The van der Waals surface area contributed by atoms with Crippen molar-refractivity contribution in [3.63, 3.8) is 0 Å². The third-order valence-corrected chi connectivity index (χ3v) is 3.63. The first kappa shape index (κ1) is 13.5. The highest BCUT2D eigenvalue weighted by Gasteiger charge is 2.20. The molecule has 2 aliphatic heterocycles. The Labute approximate surface area is 122 Å². The Hall–Kier alpha value is -2.44. The fourth-order valence-electron chi connectivity index (χ4n) is 2.37. The summed E-state index contributed by atoms with van der Waals surface area (Å²) >= 11 is 0. The van der Waals surface area contributed by atoms with Crippen LogP contribution >= 0.6 is 0 Å². The average Bonchev–Trinajstić information content (AvgIpc) is 3.00. The fraction of sp³-hybridized carbons (Fsp3) is 0.429. The standard InChI is InChI=1S/C14H17N3O4/c18-9-16-3-5-17(6-4-16)14(19)8-15-11-1-2-12-13(7-11)21-10-20-12/h1-2,7,9,15H,3-6,8,10H2. The van der Waals surface area contributed by atoms with Crippen molar-refractivity contribution in [1.82, 2.24) is 9.80 Å². The van der Waals surface area contributed by atoms with Gasteiger partial charge >= 0.3 is 0 Å². The van der Waals surface area contributed by atoms with Gasteiger partial charge in [-0.25, -0.2) is 0 Å². The van der Waals surface area contributed by atoms with Crippen LogP contribution in [0.5, 0.6) is 11.5 Å². The van der Waals surface area contributed by atoms with Gasteiger partial charge in [-0.2, -0.15) is 0 Å². The van der Waals surface area contributed by atoms with Crippen molar-refractivity contribution in [2.24, 2.45) is 0 Å². The number of carbonyl (C=O) groups excluding carboxylic acids is 2. The summed E-state index contributed by atoms with van der Waals surface area (Å²) in [4.78, 5) is 26.2. The molecule has 21 heavy (non-hydrogen) atoms. The molecule has 1 aromatic rings. The topological polar surface area (TPSA) is 71.1 Å². The van der Waals surface area contributed by atoms with E-state index in [1.54, 1.807) is 9.80 Å². The largest absolute Gasteiger partial charge is 0.454 e. The maximum Gasteiger partial charge on any atom is 0.241 e. The summed E-state index contributed by atoms with van der Waals surface area (Å²) in [5, 5.41) is 3.09. The number of fused-ring (bicyclic) bond motifs is 1. The van der Waals surface area contributed by atoms with Gasteiger partial charge in [-0.15, -0.1) is 0 Å². The third-order valence-electron chi connectivity index (χ3n) is 3.63. The molecule has 1 fully saturated rings. The van der Waals surface area contributed by atoms with E-state index in [2.05, 4.69) is 5.32 Å². The Morgan fingerprint density at radius 1 is 1.19 bits per heavy atom. The molecule has 0 bridgehead atoms. The second-order valence-corrected chi connectivity index (χ2v) is 4.94. The van der Waals surface area contributed by atoms with Gasteiger partial charge in [0, 0.05) is 37.9 Å². The number of hydrogen-bond donors (Lipinski definition) is 1. The second kappa shape index (κ2) is 5.90. The summed E-state index contributed by atoms with van der Waals surface area (Å²) in [7, 11) is 0. The van der Waals surface area contributed by atoms with Crippen LogP contribution in [0.15, 0.2) is 18.2 Å². The number of anilines is 1. The molecule has 7 heteroatoms. The molecule has 0 aliphatic carbocycles. The molecule has 1 aromatic carbocycles. The molecule has 2 aliphatic rings. The first-order valence-electron chi connectivity index (χ1n) is 6.87. The Balaban J connectivity index is 1.51. The molecule has 2 amide bonds. The first-order chi connectivity index (χ1) is 10.3. The van der Waals surface area contributed by atoms with Gasteiger partial charge in [-0.3, -0.25) is 9.59 Å². The van der Waals surface area contributed by atoms with Gasteiger partial charge in [-0.1, -0.05) is 0 Å². The Morgan fingerprint density at radius 3 is 2.71 bits per heavy atom. The SMILES string of the molecule is O=CN1CCN(C(=O)CNc2ccc3c(c2)OCO3)CC1. The maximum absolute atomic E-state index is 12.1. The average molecular weight is 291 g/mol. The smallest absolute Gasteiger partial charge is 0.241 e. The van der Waals surface area contributed by atoms with Gasteiger partial charge < -0.3 is 24.6 Å². The number of ether oxygens (including phenoxy) is 2. The van der Waals surface area contributed by atoms with Crippen LogP contribution in [0, 0.1) is 0 Å². The van der Waals surface area contributed by atoms with E-state index in [1.165, 1.54) is 0 Å². The summed E-state index contributed by atoms with van der Waals surface area (Å²) in [6, 6.07) is 5.49. The highest BCUT2D eigenvalue weighted by molar-refractivity contribution is 5.81. The van der Waals surface area contributed by atoms with Gasteiger partial charge in [0.05, 0.1) is 6.54 Å². The normalized spacial score (nSPS) is 16.8. The summed E-state index contributed by atoms with van der Waals surface area (Å²) in [6.45, 7) is 2.82. The van der Waals surface area contributed by atoms with Crippen LogP contribution < -0.4 is 14.8 Å². The second-order valence-electron chi connectivity index (χ2n) is 4.94. The first-order valence-corrected chi connectivity index (χ1v) is 6.87. The van der Waals surface area contributed by atoms with E-state index in [0.29, 0.717) is 31.9 Å². The molecule has 1 N–H and O–H groups in total. The number of carbonyl (C=O) groups is 2. The molecule has 1 saturated heterocycles. The lowest BCUT2D eigenvalue weighted by Crippen LogP contribution is -2.49. The van der Waals surface area contributed by atoms with E-state index in [4.69, 9.17) is 9.47 Å². The molecule has 0 saturated carbocycles. The molecule has 0 aromatic heterocycles. The molecule has 0 spiro atoms. The lowest BCUT2D eigenvalue weighted by Gasteiger charge is -2.32. The van der Waals surface area contributed by atoms with E-state index >= 15 is 0 Å². The van der Waals surface area contributed by atoms with E-state index in [-0.39, 0.29) is 19.2 Å². The molecule has 2 heterocycles. The quantitative estimate of drug-likeness (QED) is 0.798. The minimum absolute atomic E-state index is 0.0261. The van der Waals surface area contributed by atoms with Crippen LogP contribution in [0.1, 0.15) is 0 Å². The summed E-state index contributed by atoms with van der Waals surface area (Å²) < 4.78 is 10.5. The number of nitrogens with zero attached hydrogens (tertiary/aromatic N) is 2. The van der Waals surface area contributed by atoms with Crippen molar-refractivity contribution in [2.75, 3.05) is 44.8 Å². The van der Waals surface area contributed by atoms with Gasteiger partial charge in [0.1, 0.15) is 0 Å². The third kappa shape index (κ3) is 3.01. The highest BCUT2D eigenvalue weighted by atomic mass is 16.7. The van der Waals surface area contributed by atoms with Gasteiger partial charge in [0.2, 0.25) is 19.1 Å². The zero-order chi connectivity index (χ0) is 14.7. The molecule has 7 nitrogen and oxygen atoms in total. The lowest BCUT2D eigenvalue weighted by atomic mass is 10.2. The lowest BCUT2D eigenvalue weighted by molar-refractivity contribution is -0.133. The Morgan fingerprint density at radius 2 is 1.95 bits per heavy atom. The van der Waals surface area contributed by atoms with Crippen molar-refractivity contribution in [3.05, 3.63) is 18.2 Å². The highest BCUT2D eigenvalue weighted by Crippen LogP contribution is 2.34. The molecule has 112 valence electrons. The van der Waals surface area contributed by atoms with Crippen LogP contribution in [0.2, 0.25) is 0 Å². The van der Waals surface area contributed by atoms with Crippen LogP contribution in [0.3, 0.4) is 0 Å². The van der Waals surface area contributed by atoms with E-state index < -0.39 is 0 Å². The number of rotatable bonds is 4. The van der Waals surface area contributed by atoms with E-state index in [1.807, 2.05) is 18.2 Å². The molecular weight excluding hydrogens is 274 g/mol. The Kier molecular flexibility index (Phi) is 3.81. The van der Waals surface area contributed by atoms with Gasteiger partial charge in [0.15, 0.2) is 11.5 Å². The van der Waals surface area contributed by atoms with E-state index in [0.717, 1.165) is 17.8 Å². The van der Waals surface area contributed by atoms with Gasteiger partial charge in [-0.05, 0) is 12.1 Å². The summed E-state index contributed by atoms with van der Waals surface area (Å²) in [5.41, 5.74) is 0.819. The zero-order valence-electron chi connectivity index (χ0n) is 11.6. The van der Waals surface area contributed by atoms with Crippen LogP contribution in [0.4, 0.5) is 5.69 Å². The van der Waals surface area contributed by atoms with Crippen molar-refractivity contribution >= 4 is 18.0 Å². The number of piperazine rings is 1. The number of benzene rings is 1. The van der Waals surface area contributed by atoms with Crippen molar-refractivity contribution in [3.8, 4) is 11.5 Å². The number of nitrogens with one attached hydrogen (secondary N) is 1. The monoisotopic (exact) mass is 291 g/mol. The molecule has 3 rings (SSSR count). The Bertz CT molecular complexity index is 541. The summed E-state index contributed by atoms with van der Waals surface area (Å²) in [5.74, 6) is 1.43. The minimum atomic E-state index is 0.0261. The van der Waals surface area contributed by atoms with Crippen molar-refractivity contribution in [1.29, 1.82) is 0 Å². The fourth-order valence-corrected chi connectivity index (χ4v) is 2.37. The molecule has 0 radical (unpaired) electrons. The predicted molar refractivity (Wildman–Crippen MR) is 75.3 cm³/mol. The van der Waals surface area contributed by atoms with Crippen molar-refractivity contribution in [2.45, 2.75) is 0 Å². The van der Waals surface area contributed by atoms with Crippen LogP contribution in [-0.4, -0.2) is 61.6 Å². The van der Waals surface area contributed by atoms with E-state index in [9.17, 15) is 9.59 Å². The summed E-state index contributed by atoms with van der Waals surface area (Å²) in [6.07, 6.45) is 0.826. The number of amides is 2. The molecular formula is C14H17N3O4. The van der Waals surface area contributed by atoms with Gasteiger partial charge in [0.25, 0.3) is 0 Å². The van der Waals surface area contributed by atoms with Crippen molar-refractivity contribution < 1.29 is 19.1 Å². The number of hydrogen-bond acceptors (Lipinski definition) is 5. The van der Waals surface area contributed by atoms with Crippen LogP contribution in [-0.2, 0) is 9.59 Å². The predicted octanol–water partition coefficient (Wildman–Crippen LogP) is 0.128. The molecule has 0 atom stereocenters. The minimum Gasteiger partial charge on any atom is -0.454 e. The van der Waals surface area contributed by atoms with Crippen LogP contribution in [0.25, 0.3) is 0 Å². The zero-order valence-corrected chi connectivity index (χ0v) is 11.6. The maximum atomic E-state index is 12.1.